The molecule has 1 heterocycles. The lowest BCUT2D eigenvalue weighted by Crippen LogP contribution is -2.57. The van der Waals surface area contributed by atoms with Crippen molar-refractivity contribution in [2.75, 3.05) is 13.6 Å². The fourth-order valence-corrected chi connectivity index (χ4v) is 26.2. The van der Waals surface area contributed by atoms with Gasteiger partial charge in [-0.05, 0) is 326 Å². The van der Waals surface area contributed by atoms with Crippen LogP contribution in [0.3, 0.4) is 0 Å². The van der Waals surface area contributed by atoms with E-state index in [0.29, 0.717) is 0 Å². The summed E-state index contributed by atoms with van der Waals surface area (Å²) in [5, 5.41) is 85.9. The zero-order valence-corrected chi connectivity index (χ0v) is 38.1. The molecule has 314 valence electrons. The van der Waals surface area contributed by atoms with Gasteiger partial charge in [-0.2, -0.15) is 0 Å². The SMILES string of the molecule is CN1CC23c4c5c6c7c8c9c(c%10c%11c2c2c4c4c%12c5c5c6c6c8c8c%13c9c9c%10c%10c%11c%11c2c2c4c4c%12c%12c5c5c6c8c6c8c%13c9c9c%10c%10c%11c2c2c4c4c%12c5c6c5c8c9c%10c2c45)C73C1C(=O)OCc1ccccc1. The topological polar surface area (TPSA) is 29.5 Å². The summed E-state index contributed by atoms with van der Waals surface area (Å²) in [6.45, 7) is 1.08. The summed E-state index contributed by atoms with van der Waals surface area (Å²) < 4.78 is 6.95. The molecule has 34 rings (SSSR count). The van der Waals surface area contributed by atoms with Crippen LogP contribution in [0.25, 0.3) is 291 Å². The van der Waals surface area contributed by atoms with Gasteiger partial charge >= 0.3 is 5.97 Å². The van der Waals surface area contributed by atoms with Gasteiger partial charge in [0, 0.05) is 6.54 Å². The van der Waals surface area contributed by atoms with Crippen molar-refractivity contribution in [3.8, 4) is 0 Å². The normalized spacial score (nSPS) is 23.2. The number of benzene rings is 19. The molecule has 1 unspecified atom stereocenters. The summed E-state index contributed by atoms with van der Waals surface area (Å²) in [6, 6.07) is 9.97. The van der Waals surface area contributed by atoms with Crippen molar-refractivity contribution < 1.29 is 9.53 Å². The Kier molecular flexibility index (Phi) is 2.52. The molecule has 3 heteroatoms. The standard InChI is InChI=1S/C71H13NO2/c1-72-8-70-64-56-48-38-28-20-12-10-11-14-18-16(12)24-32-26(18)36-30-22(14)23-15(11)19-17-13(10)21(20)29-35-25(17)33-27(19)37-31(23)41-40(30)52-46(36)54-44(32)50(42(48)34(24)28)58(64)60(54)66-62(52)63-53(41)47(37)55-45(33)51-43(35)49(39(29)38)57(56)65(70)59(51)61(55)67(63)71(66,70)68(72)69(73)74-7-9-5-3-2-4-6-9/h2-6,68H,7-8H2,1H3. The minimum Gasteiger partial charge on any atom is -0.460 e. The van der Waals surface area contributed by atoms with Gasteiger partial charge in [-0.25, -0.2) is 0 Å². The van der Waals surface area contributed by atoms with Crippen LogP contribution < -0.4 is 0 Å². The van der Waals surface area contributed by atoms with Gasteiger partial charge in [-0.1, -0.05) is 30.3 Å². The molecule has 2 spiro atoms. The largest absolute Gasteiger partial charge is 0.460 e. The van der Waals surface area contributed by atoms with Gasteiger partial charge in [0.1, 0.15) is 12.6 Å². The minimum atomic E-state index is -0.694. The Balaban J connectivity index is 1.08. The summed E-state index contributed by atoms with van der Waals surface area (Å²) in [5.74, 6) is -0.0503. The number of carbonyl (C=O) groups excluding carboxylic acids is 1. The molecule has 74 heavy (non-hydrogen) atoms. The quantitative estimate of drug-likeness (QED) is 0.131. The summed E-state index contributed by atoms with van der Waals surface area (Å²) in [7, 11) is 2.33. The van der Waals surface area contributed by atoms with Gasteiger partial charge in [-0.3, -0.25) is 9.69 Å². The predicted molar refractivity (Wildman–Crippen MR) is 307 cm³/mol. The molecule has 0 radical (unpaired) electrons. The summed E-state index contributed by atoms with van der Waals surface area (Å²) in [5.41, 5.74) is 6.13. The van der Waals surface area contributed by atoms with E-state index in [0.717, 1.165) is 12.1 Å². The molecule has 4 aliphatic carbocycles. The Morgan fingerprint density at radius 3 is 0.811 bits per heavy atom. The first-order valence-corrected chi connectivity index (χ1v) is 27.4. The molecule has 0 N–H and O–H groups in total. The highest BCUT2D eigenvalue weighted by Crippen LogP contribution is 2.86. The van der Waals surface area contributed by atoms with E-state index in [1.165, 1.54) is 32.7 Å². The average molecular weight is 912 g/mol. The molecule has 5 aliphatic rings. The van der Waals surface area contributed by atoms with Crippen LogP contribution in [0.2, 0.25) is 0 Å². The van der Waals surface area contributed by atoms with Crippen molar-refractivity contribution in [3.63, 3.8) is 0 Å². The maximum Gasteiger partial charge on any atom is 0.325 e. The molecule has 3 nitrogen and oxygen atoms in total. The van der Waals surface area contributed by atoms with Crippen molar-refractivity contribution in [2.45, 2.75) is 23.5 Å². The van der Waals surface area contributed by atoms with Crippen molar-refractivity contribution in [1.29, 1.82) is 0 Å². The number of hydrogen-bond donors (Lipinski definition) is 0. The molecule has 1 fully saturated rings. The van der Waals surface area contributed by atoms with E-state index in [1.807, 2.05) is 0 Å². The van der Waals surface area contributed by atoms with Gasteiger partial charge in [0.25, 0.3) is 0 Å². The van der Waals surface area contributed by atoms with E-state index >= 15 is 4.79 Å². The van der Waals surface area contributed by atoms with Gasteiger partial charge in [0.15, 0.2) is 0 Å². The van der Waals surface area contributed by atoms with Crippen molar-refractivity contribution in [1.82, 2.24) is 4.90 Å². The van der Waals surface area contributed by atoms with E-state index in [9.17, 15) is 0 Å². The molecule has 1 saturated heterocycles. The highest BCUT2D eigenvalue weighted by atomic mass is 16.5. The monoisotopic (exact) mass is 911 g/mol. The molecule has 29 aromatic rings. The average Bonchev–Trinajstić information content (AvgIpc) is 4.29. The Hall–Kier alpha value is -8.89. The van der Waals surface area contributed by atoms with E-state index in [1.54, 1.807) is 280 Å². The van der Waals surface area contributed by atoms with E-state index in [4.69, 9.17) is 4.74 Å². The number of rotatable bonds is 3. The third-order valence-corrected chi connectivity index (χ3v) is 26.4. The summed E-state index contributed by atoms with van der Waals surface area (Å²) in [6.07, 6.45) is 0. The van der Waals surface area contributed by atoms with E-state index in [-0.39, 0.29) is 12.6 Å². The van der Waals surface area contributed by atoms with Crippen LogP contribution in [0.15, 0.2) is 30.3 Å². The van der Waals surface area contributed by atoms with Gasteiger partial charge in [0.05, 0.1) is 10.8 Å². The second kappa shape index (κ2) is 6.57. The molecule has 29 aromatic carbocycles. The molecule has 0 amide bonds. The number of carbonyl (C=O) groups is 1. The maximum absolute atomic E-state index is 16.5. The zero-order chi connectivity index (χ0) is 44.5. The number of nitrogens with zero attached hydrogens (tertiary/aromatic N) is 1. The maximum atomic E-state index is 16.5. The Bertz CT molecular complexity index is 7340. The number of likely N-dealkylation sites (tertiary alicyclic amines) is 1. The van der Waals surface area contributed by atoms with Crippen molar-refractivity contribution in [3.05, 3.63) is 58.1 Å². The zero-order valence-electron chi connectivity index (χ0n) is 38.1. The summed E-state index contributed by atoms with van der Waals surface area (Å²) in [4.78, 5) is 19.1. The van der Waals surface area contributed by atoms with E-state index in [2.05, 4.69) is 42.3 Å². The number of likely N-dealkylation sites (N-methyl/N-ethyl adjacent to an activating group) is 1. The second-order valence-electron chi connectivity index (χ2n) is 26.9. The number of esters is 1. The Morgan fingerprint density at radius 1 is 0.351 bits per heavy atom. The number of ether oxygens (including phenoxy) is 1. The molecular weight excluding hydrogens is 899 g/mol. The first-order valence-electron chi connectivity index (χ1n) is 27.4. The van der Waals surface area contributed by atoms with E-state index < -0.39 is 16.9 Å². The first kappa shape index (κ1) is 28.4. The van der Waals surface area contributed by atoms with Crippen LogP contribution >= 0.6 is 0 Å². The third-order valence-electron chi connectivity index (χ3n) is 26.4. The lowest BCUT2D eigenvalue weighted by molar-refractivity contribution is -0.151. The van der Waals surface area contributed by atoms with Crippen LogP contribution in [-0.2, 0) is 27.0 Å². The third kappa shape index (κ3) is 1.55. The second-order valence-corrected chi connectivity index (χ2v) is 26.9. The Morgan fingerprint density at radius 2 is 0.568 bits per heavy atom. The van der Waals surface area contributed by atoms with Gasteiger partial charge in [0.2, 0.25) is 0 Å². The molecule has 1 aliphatic heterocycles. The minimum absolute atomic E-state index is 0.0503. The van der Waals surface area contributed by atoms with Crippen molar-refractivity contribution in [2.24, 2.45) is 0 Å². The molecule has 0 bridgehead atoms. The molecule has 0 saturated carbocycles. The van der Waals surface area contributed by atoms with Crippen LogP contribution in [0, 0.1) is 0 Å². The first-order chi connectivity index (χ1) is 36.7. The molecule has 0 aromatic heterocycles. The van der Waals surface area contributed by atoms with Crippen LogP contribution in [0.4, 0.5) is 0 Å². The van der Waals surface area contributed by atoms with Gasteiger partial charge in [-0.15, -0.1) is 0 Å². The molecular formula is C71H13NO2. The van der Waals surface area contributed by atoms with Gasteiger partial charge < -0.3 is 4.74 Å². The molecule has 1 atom stereocenters. The lowest BCUT2D eigenvalue weighted by atomic mass is 9.48. The van der Waals surface area contributed by atoms with Crippen LogP contribution in [0.1, 0.15) is 27.8 Å². The highest BCUT2D eigenvalue weighted by Gasteiger charge is 2.77. The van der Waals surface area contributed by atoms with Crippen molar-refractivity contribution >= 4 is 297 Å². The summed E-state index contributed by atoms with van der Waals surface area (Å²) >= 11 is 0. The van der Waals surface area contributed by atoms with Crippen LogP contribution in [-0.4, -0.2) is 30.5 Å². The number of hydrogen-bond acceptors (Lipinski definition) is 3. The lowest BCUT2D eigenvalue weighted by Gasteiger charge is -2.51. The van der Waals surface area contributed by atoms with Crippen LogP contribution in [0.5, 0.6) is 0 Å². The smallest absolute Gasteiger partial charge is 0.325 e. The highest BCUT2D eigenvalue weighted by molar-refractivity contribution is 6.82. The predicted octanol–water partition coefficient (Wildman–Crippen LogP) is 17.4. The Labute approximate surface area is 404 Å². The fraction of sp³-hybridized carbons (Fsp3) is 0.0845. The fourth-order valence-electron chi connectivity index (χ4n) is 26.2.